The maximum absolute atomic E-state index is 11.8. The number of rotatable bonds is 4. The molecular formula is C14H19N5O2S2. The predicted octanol–water partition coefficient (Wildman–Crippen LogP) is 1.10. The zero-order chi connectivity index (χ0) is 16.4. The second kappa shape index (κ2) is 6.52. The standard InChI is InChI=1S/C14H19N5O2S2/c1-11-10-13(17-14(16-11)12-4-3-9-22-12)18-5-7-19(8-6-18)23(20,21)15-2/h3-4,9-10,15H,5-8H2,1-2H3. The molecule has 7 nitrogen and oxygen atoms in total. The molecule has 1 aliphatic heterocycles. The molecule has 1 fully saturated rings. The highest BCUT2D eigenvalue weighted by molar-refractivity contribution is 7.87. The first-order valence-corrected chi connectivity index (χ1v) is 9.65. The van der Waals surface area contributed by atoms with E-state index in [0.717, 1.165) is 22.2 Å². The van der Waals surface area contributed by atoms with Gasteiger partial charge >= 0.3 is 0 Å². The van der Waals surface area contributed by atoms with Gasteiger partial charge in [-0.05, 0) is 18.4 Å². The molecule has 0 amide bonds. The molecule has 0 aromatic carbocycles. The lowest BCUT2D eigenvalue weighted by Gasteiger charge is -2.34. The number of hydrogen-bond acceptors (Lipinski definition) is 6. The maximum Gasteiger partial charge on any atom is 0.279 e. The van der Waals surface area contributed by atoms with Crippen LogP contribution in [0.4, 0.5) is 5.82 Å². The molecule has 0 atom stereocenters. The molecule has 0 saturated carbocycles. The van der Waals surface area contributed by atoms with Gasteiger partial charge in [0.05, 0.1) is 4.88 Å². The van der Waals surface area contributed by atoms with E-state index >= 15 is 0 Å². The molecule has 23 heavy (non-hydrogen) atoms. The molecule has 1 saturated heterocycles. The summed E-state index contributed by atoms with van der Waals surface area (Å²) in [5, 5.41) is 2.00. The minimum Gasteiger partial charge on any atom is -0.354 e. The van der Waals surface area contributed by atoms with Crippen LogP contribution in [0.2, 0.25) is 0 Å². The van der Waals surface area contributed by atoms with E-state index < -0.39 is 10.2 Å². The third-order valence-corrected chi connectivity index (χ3v) is 6.17. The molecule has 0 bridgehead atoms. The van der Waals surface area contributed by atoms with Crippen molar-refractivity contribution in [3.63, 3.8) is 0 Å². The van der Waals surface area contributed by atoms with Crippen molar-refractivity contribution in [1.82, 2.24) is 19.0 Å². The van der Waals surface area contributed by atoms with Gasteiger partial charge in [-0.25, -0.2) is 14.7 Å². The Balaban J connectivity index is 1.79. The van der Waals surface area contributed by atoms with Crippen molar-refractivity contribution in [2.45, 2.75) is 6.92 Å². The number of aromatic nitrogens is 2. The van der Waals surface area contributed by atoms with Crippen LogP contribution < -0.4 is 9.62 Å². The zero-order valence-electron chi connectivity index (χ0n) is 13.1. The van der Waals surface area contributed by atoms with Gasteiger partial charge in [-0.15, -0.1) is 11.3 Å². The summed E-state index contributed by atoms with van der Waals surface area (Å²) in [5.74, 6) is 1.57. The quantitative estimate of drug-likeness (QED) is 0.890. The summed E-state index contributed by atoms with van der Waals surface area (Å²) >= 11 is 1.61. The van der Waals surface area contributed by atoms with Crippen molar-refractivity contribution in [1.29, 1.82) is 0 Å². The number of piperazine rings is 1. The summed E-state index contributed by atoms with van der Waals surface area (Å²) < 4.78 is 27.5. The van der Waals surface area contributed by atoms with Gasteiger partial charge in [-0.1, -0.05) is 6.07 Å². The fourth-order valence-corrected chi connectivity index (χ4v) is 4.08. The average molecular weight is 353 g/mol. The van der Waals surface area contributed by atoms with Crippen molar-refractivity contribution in [2.75, 3.05) is 38.1 Å². The van der Waals surface area contributed by atoms with Gasteiger partial charge < -0.3 is 4.90 Å². The van der Waals surface area contributed by atoms with Gasteiger partial charge in [0.2, 0.25) is 0 Å². The SMILES string of the molecule is CNS(=O)(=O)N1CCN(c2cc(C)nc(-c3cccs3)n2)CC1. The van der Waals surface area contributed by atoms with E-state index in [1.54, 1.807) is 11.3 Å². The van der Waals surface area contributed by atoms with E-state index in [2.05, 4.69) is 19.6 Å². The highest BCUT2D eigenvalue weighted by Crippen LogP contribution is 2.24. The summed E-state index contributed by atoms with van der Waals surface area (Å²) in [6, 6.07) is 5.92. The average Bonchev–Trinajstić information content (AvgIpc) is 3.09. The second-order valence-corrected chi connectivity index (χ2v) is 8.09. The molecule has 2 aromatic rings. The van der Waals surface area contributed by atoms with E-state index in [1.807, 2.05) is 30.5 Å². The Kier molecular flexibility index (Phi) is 4.62. The van der Waals surface area contributed by atoms with Crippen LogP contribution in [0.25, 0.3) is 10.7 Å². The van der Waals surface area contributed by atoms with Crippen LogP contribution in [-0.4, -0.2) is 55.9 Å². The molecule has 9 heteroatoms. The molecule has 0 aliphatic carbocycles. The van der Waals surface area contributed by atoms with Crippen LogP contribution in [0.3, 0.4) is 0 Å². The molecule has 1 aliphatic rings. The summed E-state index contributed by atoms with van der Waals surface area (Å²) in [5.41, 5.74) is 0.906. The van der Waals surface area contributed by atoms with Crippen molar-refractivity contribution in [3.05, 3.63) is 29.3 Å². The van der Waals surface area contributed by atoms with Crippen LogP contribution in [0, 0.1) is 6.92 Å². The molecule has 0 radical (unpaired) electrons. The second-order valence-electron chi connectivity index (χ2n) is 5.26. The Hall–Kier alpha value is -1.55. The van der Waals surface area contributed by atoms with Gasteiger partial charge in [0.1, 0.15) is 5.82 Å². The summed E-state index contributed by atoms with van der Waals surface area (Å²) in [6.07, 6.45) is 0. The molecule has 3 rings (SSSR count). The minimum atomic E-state index is -3.35. The Morgan fingerprint density at radius 2 is 1.96 bits per heavy atom. The van der Waals surface area contributed by atoms with Gasteiger partial charge in [0.15, 0.2) is 5.82 Å². The first kappa shape index (κ1) is 16.3. The third-order valence-electron chi connectivity index (χ3n) is 3.74. The molecule has 0 unspecified atom stereocenters. The Labute approximate surface area is 140 Å². The Bertz CT molecular complexity index is 768. The predicted molar refractivity (Wildman–Crippen MR) is 91.8 cm³/mol. The number of nitrogens with zero attached hydrogens (tertiary/aromatic N) is 4. The van der Waals surface area contributed by atoms with Crippen LogP contribution in [0.5, 0.6) is 0 Å². The van der Waals surface area contributed by atoms with Crippen molar-refractivity contribution in [2.24, 2.45) is 0 Å². The molecule has 124 valence electrons. The van der Waals surface area contributed by atoms with Gasteiger partial charge in [-0.3, -0.25) is 0 Å². The Morgan fingerprint density at radius 3 is 2.57 bits per heavy atom. The summed E-state index contributed by atoms with van der Waals surface area (Å²) in [7, 11) is -1.92. The van der Waals surface area contributed by atoms with Crippen LogP contribution in [-0.2, 0) is 10.2 Å². The van der Waals surface area contributed by atoms with Crippen molar-refractivity contribution in [3.8, 4) is 10.7 Å². The fraction of sp³-hybridized carbons (Fsp3) is 0.429. The lowest BCUT2D eigenvalue weighted by molar-refractivity contribution is 0.379. The highest BCUT2D eigenvalue weighted by Gasteiger charge is 2.26. The van der Waals surface area contributed by atoms with E-state index in [-0.39, 0.29) is 0 Å². The van der Waals surface area contributed by atoms with Gasteiger partial charge in [0.25, 0.3) is 10.2 Å². The van der Waals surface area contributed by atoms with Crippen molar-refractivity contribution < 1.29 is 8.42 Å². The first-order chi connectivity index (χ1) is 11.0. The third kappa shape index (κ3) is 3.52. The Morgan fingerprint density at radius 1 is 1.22 bits per heavy atom. The zero-order valence-corrected chi connectivity index (χ0v) is 14.7. The molecule has 1 N–H and O–H groups in total. The van der Waals surface area contributed by atoms with Gasteiger partial charge in [0, 0.05) is 45.0 Å². The topological polar surface area (TPSA) is 78.4 Å². The molecule has 2 aromatic heterocycles. The smallest absolute Gasteiger partial charge is 0.279 e. The molecule has 3 heterocycles. The monoisotopic (exact) mass is 353 g/mol. The van der Waals surface area contributed by atoms with E-state index in [4.69, 9.17) is 0 Å². The molecule has 0 spiro atoms. The summed E-state index contributed by atoms with van der Waals surface area (Å²) in [6.45, 7) is 4.06. The van der Waals surface area contributed by atoms with E-state index in [1.165, 1.54) is 11.4 Å². The van der Waals surface area contributed by atoms with Crippen molar-refractivity contribution >= 4 is 27.4 Å². The van der Waals surface area contributed by atoms with Crippen LogP contribution in [0.1, 0.15) is 5.69 Å². The lowest BCUT2D eigenvalue weighted by atomic mass is 10.3. The number of hydrogen-bond donors (Lipinski definition) is 1. The van der Waals surface area contributed by atoms with E-state index in [0.29, 0.717) is 26.2 Å². The normalized spacial score (nSPS) is 16.7. The lowest BCUT2D eigenvalue weighted by Crippen LogP contribution is -2.51. The van der Waals surface area contributed by atoms with Gasteiger partial charge in [-0.2, -0.15) is 12.7 Å². The number of nitrogens with one attached hydrogen (secondary N) is 1. The highest BCUT2D eigenvalue weighted by atomic mass is 32.2. The van der Waals surface area contributed by atoms with Crippen LogP contribution >= 0.6 is 11.3 Å². The number of thiophene rings is 1. The summed E-state index contributed by atoms with van der Waals surface area (Å²) in [4.78, 5) is 12.3. The van der Waals surface area contributed by atoms with Crippen LogP contribution in [0.15, 0.2) is 23.6 Å². The minimum absolute atomic E-state index is 0.445. The first-order valence-electron chi connectivity index (χ1n) is 7.33. The number of anilines is 1. The fourth-order valence-electron chi connectivity index (χ4n) is 2.52. The maximum atomic E-state index is 11.8. The number of aryl methyl sites for hydroxylation is 1. The molecular weight excluding hydrogens is 334 g/mol. The van der Waals surface area contributed by atoms with E-state index in [9.17, 15) is 8.42 Å². The largest absolute Gasteiger partial charge is 0.354 e.